The first-order valence-corrected chi connectivity index (χ1v) is 8.48. The van der Waals surface area contributed by atoms with Crippen molar-refractivity contribution >= 4 is 5.91 Å². The van der Waals surface area contributed by atoms with Crippen molar-refractivity contribution in [2.45, 2.75) is 38.1 Å². The summed E-state index contributed by atoms with van der Waals surface area (Å²) in [6.45, 7) is 5.30. The monoisotopic (exact) mass is 324 g/mol. The molecule has 1 fully saturated rings. The minimum Gasteiger partial charge on any atom is -0.381 e. The zero-order valence-electron chi connectivity index (χ0n) is 14.3. The number of benzene rings is 1. The summed E-state index contributed by atoms with van der Waals surface area (Å²) in [6.07, 6.45) is 4.93. The molecule has 24 heavy (non-hydrogen) atoms. The van der Waals surface area contributed by atoms with E-state index in [2.05, 4.69) is 41.5 Å². The largest absolute Gasteiger partial charge is 0.381 e. The number of hydrogen-bond acceptors (Lipinski definition) is 3. The third kappa shape index (κ3) is 3.34. The van der Waals surface area contributed by atoms with E-state index in [0.29, 0.717) is 26.1 Å². The predicted molar refractivity (Wildman–Crippen MR) is 93.7 cm³/mol. The predicted octanol–water partition coefficient (Wildman–Crippen LogP) is 3.32. The fourth-order valence-electron chi connectivity index (χ4n) is 3.31. The summed E-state index contributed by atoms with van der Waals surface area (Å²) in [7, 11) is 0. The number of carbonyl (C=O) groups is 1. The van der Waals surface area contributed by atoms with Gasteiger partial charge >= 0.3 is 0 Å². The van der Waals surface area contributed by atoms with E-state index >= 15 is 0 Å². The van der Waals surface area contributed by atoms with Gasteiger partial charge in [0.2, 0.25) is 5.91 Å². The number of nitrogens with zero attached hydrogens (tertiary/aromatic N) is 1. The molecule has 1 amide bonds. The lowest BCUT2D eigenvalue weighted by Gasteiger charge is -2.37. The summed E-state index contributed by atoms with van der Waals surface area (Å²) in [5, 5.41) is 3.20. The molecule has 2 heterocycles. The van der Waals surface area contributed by atoms with E-state index in [1.54, 1.807) is 12.4 Å². The van der Waals surface area contributed by atoms with Crippen molar-refractivity contribution in [2.75, 3.05) is 13.2 Å². The third-order valence-corrected chi connectivity index (χ3v) is 4.94. The summed E-state index contributed by atoms with van der Waals surface area (Å²) in [5.41, 5.74) is 2.83. The van der Waals surface area contributed by atoms with Crippen LogP contribution in [-0.4, -0.2) is 24.1 Å². The van der Waals surface area contributed by atoms with Crippen molar-refractivity contribution in [1.82, 2.24) is 10.3 Å². The summed E-state index contributed by atoms with van der Waals surface area (Å²) in [4.78, 5) is 17.2. The van der Waals surface area contributed by atoms with Crippen LogP contribution in [0, 0.1) is 6.92 Å². The van der Waals surface area contributed by atoms with E-state index in [4.69, 9.17) is 4.74 Å². The normalized spacial score (nSPS) is 17.9. The zero-order chi connectivity index (χ0) is 17.0. The summed E-state index contributed by atoms with van der Waals surface area (Å²) in [6, 6.07) is 12.1. The fraction of sp³-hybridized carbons (Fsp3) is 0.400. The Morgan fingerprint density at radius 3 is 2.38 bits per heavy atom. The van der Waals surface area contributed by atoms with Gasteiger partial charge in [-0.1, -0.05) is 29.8 Å². The molecule has 4 nitrogen and oxygen atoms in total. The Kier molecular flexibility index (Phi) is 4.95. The Bertz CT molecular complexity index is 677. The molecule has 1 atom stereocenters. The molecule has 1 aromatic heterocycles. The maximum absolute atomic E-state index is 13.2. The quantitative estimate of drug-likeness (QED) is 0.938. The highest BCUT2D eigenvalue weighted by atomic mass is 16.5. The van der Waals surface area contributed by atoms with E-state index in [9.17, 15) is 4.79 Å². The SMILES string of the molecule is Cc1ccc(C2(C(=O)N[C@H](C)c3ccncc3)CCOCC2)cc1. The Labute approximate surface area is 143 Å². The van der Waals surface area contributed by atoms with Crippen LogP contribution < -0.4 is 5.32 Å². The van der Waals surface area contributed by atoms with E-state index in [0.717, 1.165) is 11.1 Å². The number of aromatic nitrogens is 1. The van der Waals surface area contributed by atoms with Gasteiger partial charge in [0.05, 0.1) is 11.5 Å². The summed E-state index contributed by atoms with van der Waals surface area (Å²) >= 11 is 0. The van der Waals surface area contributed by atoms with Crippen molar-refractivity contribution in [3.05, 3.63) is 65.5 Å². The number of hydrogen-bond donors (Lipinski definition) is 1. The minimum atomic E-state index is -0.507. The summed E-state index contributed by atoms with van der Waals surface area (Å²) < 4.78 is 5.52. The Hall–Kier alpha value is -2.20. The number of nitrogens with one attached hydrogen (secondary N) is 1. The average molecular weight is 324 g/mol. The first kappa shape index (κ1) is 16.7. The number of carbonyl (C=O) groups excluding carboxylic acids is 1. The number of aryl methyl sites for hydroxylation is 1. The van der Waals surface area contributed by atoms with Gasteiger partial charge < -0.3 is 10.1 Å². The molecule has 0 radical (unpaired) electrons. The van der Waals surface area contributed by atoms with Crippen LogP contribution in [0.5, 0.6) is 0 Å². The van der Waals surface area contributed by atoms with Gasteiger partial charge in [-0.2, -0.15) is 0 Å². The highest BCUT2D eigenvalue weighted by Gasteiger charge is 2.42. The van der Waals surface area contributed by atoms with Gasteiger partial charge in [-0.05, 0) is 49.9 Å². The van der Waals surface area contributed by atoms with Crippen molar-refractivity contribution in [1.29, 1.82) is 0 Å². The van der Waals surface area contributed by atoms with E-state index in [1.165, 1.54) is 5.56 Å². The maximum atomic E-state index is 13.2. The lowest BCUT2D eigenvalue weighted by atomic mass is 9.73. The fourth-order valence-corrected chi connectivity index (χ4v) is 3.31. The van der Waals surface area contributed by atoms with Crippen molar-refractivity contribution < 1.29 is 9.53 Å². The zero-order valence-corrected chi connectivity index (χ0v) is 14.3. The minimum absolute atomic E-state index is 0.0503. The molecule has 2 aromatic rings. The standard InChI is InChI=1S/C20H24N2O2/c1-15-3-5-18(6-4-15)20(9-13-24-14-10-20)19(23)22-16(2)17-7-11-21-12-8-17/h3-8,11-12,16H,9-10,13-14H2,1-2H3,(H,22,23)/t16-/m1/s1. The van der Waals surface area contributed by atoms with Gasteiger partial charge in [0.15, 0.2) is 0 Å². The van der Waals surface area contributed by atoms with Crippen molar-refractivity contribution in [3.8, 4) is 0 Å². The molecule has 1 aliphatic rings. The van der Waals surface area contributed by atoms with E-state index in [1.807, 2.05) is 19.1 Å². The van der Waals surface area contributed by atoms with Crippen LogP contribution in [0.25, 0.3) is 0 Å². The number of pyridine rings is 1. The molecular weight excluding hydrogens is 300 g/mol. The molecule has 0 aliphatic carbocycles. The number of amides is 1. The van der Waals surface area contributed by atoms with Crippen molar-refractivity contribution in [2.24, 2.45) is 0 Å². The number of ether oxygens (including phenoxy) is 1. The highest BCUT2D eigenvalue weighted by molar-refractivity contribution is 5.88. The van der Waals surface area contributed by atoms with Crippen LogP contribution in [0.4, 0.5) is 0 Å². The third-order valence-electron chi connectivity index (χ3n) is 4.94. The smallest absolute Gasteiger partial charge is 0.231 e. The van der Waals surface area contributed by atoms with Crippen molar-refractivity contribution in [3.63, 3.8) is 0 Å². The van der Waals surface area contributed by atoms with Gasteiger partial charge in [-0.3, -0.25) is 9.78 Å². The van der Waals surface area contributed by atoms with Gasteiger partial charge in [0, 0.05) is 25.6 Å². The molecular formula is C20H24N2O2. The second-order valence-electron chi connectivity index (χ2n) is 6.54. The average Bonchev–Trinajstić information content (AvgIpc) is 2.63. The second-order valence-corrected chi connectivity index (χ2v) is 6.54. The molecule has 1 N–H and O–H groups in total. The molecule has 1 saturated heterocycles. The number of rotatable bonds is 4. The Morgan fingerprint density at radius 1 is 1.12 bits per heavy atom. The van der Waals surface area contributed by atoms with Crippen LogP contribution in [-0.2, 0) is 14.9 Å². The maximum Gasteiger partial charge on any atom is 0.231 e. The van der Waals surface area contributed by atoms with Gasteiger partial charge in [-0.25, -0.2) is 0 Å². The Balaban J connectivity index is 1.85. The molecule has 126 valence electrons. The van der Waals surface area contributed by atoms with Gasteiger partial charge in [0.1, 0.15) is 0 Å². The lowest BCUT2D eigenvalue weighted by molar-refractivity contribution is -0.131. The molecule has 0 spiro atoms. The summed E-state index contributed by atoms with van der Waals surface area (Å²) in [5.74, 6) is 0.0824. The van der Waals surface area contributed by atoms with Gasteiger partial charge in [-0.15, -0.1) is 0 Å². The first-order valence-electron chi connectivity index (χ1n) is 8.48. The molecule has 0 unspecified atom stereocenters. The molecule has 3 rings (SSSR count). The van der Waals surface area contributed by atoms with Crippen LogP contribution >= 0.6 is 0 Å². The van der Waals surface area contributed by atoms with Crippen LogP contribution in [0.1, 0.15) is 42.5 Å². The van der Waals surface area contributed by atoms with Crippen LogP contribution in [0.15, 0.2) is 48.8 Å². The van der Waals surface area contributed by atoms with E-state index < -0.39 is 5.41 Å². The van der Waals surface area contributed by atoms with Crippen LogP contribution in [0.3, 0.4) is 0 Å². The van der Waals surface area contributed by atoms with E-state index in [-0.39, 0.29) is 11.9 Å². The molecule has 4 heteroatoms. The molecule has 1 aromatic carbocycles. The topological polar surface area (TPSA) is 51.2 Å². The van der Waals surface area contributed by atoms with Crippen LogP contribution in [0.2, 0.25) is 0 Å². The second kappa shape index (κ2) is 7.14. The first-order chi connectivity index (χ1) is 11.6. The molecule has 1 aliphatic heterocycles. The highest BCUT2D eigenvalue weighted by Crippen LogP contribution is 2.36. The molecule has 0 bridgehead atoms. The Morgan fingerprint density at radius 2 is 1.75 bits per heavy atom. The van der Waals surface area contributed by atoms with Gasteiger partial charge in [0.25, 0.3) is 0 Å². The lowest BCUT2D eigenvalue weighted by Crippen LogP contribution is -2.48. The molecule has 0 saturated carbocycles.